The minimum absolute atomic E-state index is 0.0856. The molecule has 0 saturated heterocycles. The number of carbonyl (C=O) groups is 1. The number of nitrogens with one attached hydrogen (secondary N) is 2. The van der Waals surface area contributed by atoms with Crippen LogP contribution in [0.5, 0.6) is 0 Å². The number of aromatic nitrogens is 1. The molecule has 3 aromatic rings. The number of nitrogens with zero attached hydrogens (tertiary/aromatic N) is 1. The molecule has 0 bridgehead atoms. The Morgan fingerprint density at radius 2 is 1.88 bits per heavy atom. The lowest BCUT2D eigenvalue weighted by molar-refractivity contribution is 0.0977. The van der Waals surface area contributed by atoms with Gasteiger partial charge in [0.2, 0.25) is 0 Å². The van der Waals surface area contributed by atoms with Crippen molar-refractivity contribution >= 4 is 62.9 Å². The molecule has 9 heteroatoms. The standard InChI is InChI=1S/C17H10Cl2FN3OS2/c18-10-3-6-12(13(19)7-10)14-8-26-17(21-14)23-16(25)22-15(24)9-1-4-11(20)5-2-9/h1-8H,(H2,21,22,23,24,25). The molecule has 3 rings (SSSR count). The summed E-state index contributed by atoms with van der Waals surface area (Å²) in [5, 5.41) is 8.77. The number of benzene rings is 2. The molecule has 1 aromatic heterocycles. The lowest BCUT2D eigenvalue weighted by Gasteiger charge is -2.07. The van der Waals surface area contributed by atoms with Gasteiger partial charge in [0.05, 0.1) is 10.7 Å². The fraction of sp³-hybridized carbons (Fsp3) is 0. The Hall–Kier alpha value is -2.06. The van der Waals surface area contributed by atoms with Gasteiger partial charge in [-0.05, 0) is 54.7 Å². The number of thiazole rings is 1. The van der Waals surface area contributed by atoms with Gasteiger partial charge in [-0.25, -0.2) is 9.37 Å². The van der Waals surface area contributed by atoms with Gasteiger partial charge in [-0.2, -0.15) is 0 Å². The number of rotatable bonds is 3. The summed E-state index contributed by atoms with van der Waals surface area (Å²) < 4.78 is 12.9. The van der Waals surface area contributed by atoms with E-state index in [1.165, 1.54) is 35.6 Å². The molecule has 4 nitrogen and oxygen atoms in total. The van der Waals surface area contributed by atoms with E-state index in [2.05, 4.69) is 15.6 Å². The minimum Gasteiger partial charge on any atom is -0.308 e. The summed E-state index contributed by atoms with van der Waals surface area (Å²) in [5.74, 6) is -0.863. The van der Waals surface area contributed by atoms with Crippen LogP contribution in [0.2, 0.25) is 10.0 Å². The van der Waals surface area contributed by atoms with Gasteiger partial charge >= 0.3 is 0 Å². The normalized spacial score (nSPS) is 10.4. The number of hydrogen-bond donors (Lipinski definition) is 2. The van der Waals surface area contributed by atoms with E-state index in [1.54, 1.807) is 18.2 Å². The Labute approximate surface area is 168 Å². The molecule has 1 heterocycles. The van der Waals surface area contributed by atoms with Crippen LogP contribution in [-0.2, 0) is 0 Å². The second-order valence-corrected chi connectivity index (χ2v) is 7.19. The van der Waals surface area contributed by atoms with Crippen LogP contribution in [0.3, 0.4) is 0 Å². The summed E-state index contributed by atoms with van der Waals surface area (Å²) in [7, 11) is 0. The largest absolute Gasteiger partial charge is 0.308 e. The zero-order valence-corrected chi connectivity index (χ0v) is 16.1. The first-order valence-corrected chi connectivity index (χ1v) is 9.25. The number of carbonyl (C=O) groups excluding carboxylic acids is 1. The number of amides is 1. The number of anilines is 1. The third-order valence-corrected chi connectivity index (χ3v) is 4.77. The van der Waals surface area contributed by atoms with Crippen molar-refractivity contribution in [2.24, 2.45) is 0 Å². The maximum Gasteiger partial charge on any atom is 0.257 e. The summed E-state index contributed by atoms with van der Waals surface area (Å²) in [5.41, 5.74) is 1.69. The molecule has 0 unspecified atom stereocenters. The van der Waals surface area contributed by atoms with Crippen molar-refractivity contribution in [1.82, 2.24) is 10.3 Å². The molecule has 0 aliphatic rings. The summed E-state index contributed by atoms with van der Waals surface area (Å²) in [6.07, 6.45) is 0. The van der Waals surface area contributed by atoms with Crippen LogP contribution in [0.4, 0.5) is 9.52 Å². The Bertz CT molecular complexity index is 976. The van der Waals surface area contributed by atoms with Crippen LogP contribution in [0.25, 0.3) is 11.3 Å². The highest BCUT2D eigenvalue weighted by Crippen LogP contribution is 2.32. The quantitative estimate of drug-likeness (QED) is 0.552. The molecule has 1 amide bonds. The summed E-state index contributed by atoms with van der Waals surface area (Å²) >= 11 is 18.5. The minimum atomic E-state index is -0.444. The molecule has 0 radical (unpaired) electrons. The first kappa shape index (κ1) is 18.7. The molecule has 132 valence electrons. The monoisotopic (exact) mass is 425 g/mol. The van der Waals surface area contributed by atoms with E-state index in [0.717, 1.165) is 5.56 Å². The fourth-order valence-corrected chi connectivity index (χ4v) is 3.53. The second-order valence-electron chi connectivity index (χ2n) is 5.08. The SMILES string of the molecule is O=C(NC(=S)Nc1nc(-c2ccc(Cl)cc2Cl)cs1)c1ccc(F)cc1. The Morgan fingerprint density at radius 1 is 1.15 bits per heavy atom. The summed E-state index contributed by atoms with van der Waals surface area (Å²) in [6, 6.07) is 10.3. The van der Waals surface area contributed by atoms with Crippen LogP contribution < -0.4 is 10.6 Å². The van der Waals surface area contributed by atoms with E-state index in [-0.39, 0.29) is 5.11 Å². The van der Waals surface area contributed by atoms with Gasteiger partial charge in [0.1, 0.15) is 5.82 Å². The highest BCUT2D eigenvalue weighted by Gasteiger charge is 2.12. The van der Waals surface area contributed by atoms with Gasteiger partial charge in [0.15, 0.2) is 10.2 Å². The maximum atomic E-state index is 12.9. The summed E-state index contributed by atoms with van der Waals surface area (Å²) in [6.45, 7) is 0. The van der Waals surface area contributed by atoms with Crippen molar-refractivity contribution < 1.29 is 9.18 Å². The smallest absolute Gasteiger partial charge is 0.257 e. The van der Waals surface area contributed by atoms with E-state index in [1.807, 2.05) is 5.38 Å². The van der Waals surface area contributed by atoms with Gasteiger partial charge in [-0.1, -0.05) is 23.2 Å². The maximum absolute atomic E-state index is 12.9. The molecule has 0 saturated carbocycles. The number of thiocarbonyl (C=S) groups is 1. The Kier molecular flexibility index (Phi) is 5.83. The highest BCUT2D eigenvalue weighted by atomic mass is 35.5. The molecule has 26 heavy (non-hydrogen) atoms. The van der Waals surface area contributed by atoms with Crippen molar-refractivity contribution in [3.05, 3.63) is 69.3 Å². The first-order chi connectivity index (χ1) is 12.4. The zero-order valence-electron chi connectivity index (χ0n) is 12.9. The van der Waals surface area contributed by atoms with Crippen LogP contribution in [0.15, 0.2) is 47.8 Å². The predicted octanol–water partition coefficient (Wildman–Crippen LogP) is 5.38. The molecule has 0 atom stereocenters. The molecule has 2 N–H and O–H groups in total. The second kappa shape index (κ2) is 8.09. The van der Waals surface area contributed by atoms with Crippen molar-refractivity contribution in [2.45, 2.75) is 0 Å². The van der Waals surface area contributed by atoms with Crippen LogP contribution in [0, 0.1) is 5.82 Å². The highest BCUT2D eigenvalue weighted by molar-refractivity contribution is 7.80. The van der Waals surface area contributed by atoms with Crippen LogP contribution >= 0.6 is 46.8 Å². The van der Waals surface area contributed by atoms with Gasteiger partial charge in [0, 0.05) is 21.5 Å². The molecule has 0 fully saturated rings. The van der Waals surface area contributed by atoms with E-state index < -0.39 is 11.7 Å². The predicted molar refractivity (Wildman–Crippen MR) is 108 cm³/mol. The zero-order chi connectivity index (χ0) is 18.7. The van der Waals surface area contributed by atoms with Crippen molar-refractivity contribution in [1.29, 1.82) is 0 Å². The van der Waals surface area contributed by atoms with Gasteiger partial charge in [0.25, 0.3) is 5.91 Å². The lowest BCUT2D eigenvalue weighted by Crippen LogP contribution is -2.34. The Balaban J connectivity index is 1.66. The first-order valence-electron chi connectivity index (χ1n) is 7.21. The van der Waals surface area contributed by atoms with E-state index in [9.17, 15) is 9.18 Å². The van der Waals surface area contributed by atoms with Crippen molar-refractivity contribution in [3.8, 4) is 11.3 Å². The van der Waals surface area contributed by atoms with E-state index in [4.69, 9.17) is 35.4 Å². The van der Waals surface area contributed by atoms with Crippen LogP contribution in [-0.4, -0.2) is 16.0 Å². The van der Waals surface area contributed by atoms with Gasteiger partial charge in [-0.3, -0.25) is 10.1 Å². The fourth-order valence-electron chi connectivity index (χ4n) is 2.06. The third-order valence-electron chi connectivity index (χ3n) is 3.27. The Morgan fingerprint density at radius 3 is 2.58 bits per heavy atom. The molecule has 2 aromatic carbocycles. The molecular formula is C17H10Cl2FN3OS2. The summed E-state index contributed by atoms with van der Waals surface area (Å²) in [4.78, 5) is 16.4. The van der Waals surface area contributed by atoms with Gasteiger partial charge < -0.3 is 5.32 Å². The molecule has 0 aliphatic carbocycles. The van der Waals surface area contributed by atoms with E-state index >= 15 is 0 Å². The lowest BCUT2D eigenvalue weighted by atomic mass is 10.2. The topological polar surface area (TPSA) is 54.0 Å². The average Bonchev–Trinajstić information content (AvgIpc) is 3.03. The molecule has 0 spiro atoms. The number of hydrogen-bond acceptors (Lipinski definition) is 4. The van der Waals surface area contributed by atoms with Crippen LogP contribution in [0.1, 0.15) is 10.4 Å². The third kappa shape index (κ3) is 4.56. The average molecular weight is 426 g/mol. The van der Waals surface area contributed by atoms with Crippen molar-refractivity contribution in [2.75, 3.05) is 5.32 Å². The molecule has 0 aliphatic heterocycles. The van der Waals surface area contributed by atoms with E-state index in [0.29, 0.717) is 26.4 Å². The number of halogens is 3. The van der Waals surface area contributed by atoms with Crippen molar-refractivity contribution in [3.63, 3.8) is 0 Å². The van der Waals surface area contributed by atoms with Gasteiger partial charge in [-0.15, -0.1) is 11.3 Å². The molecular weight excluding hydrogens is 416 g/mol.